The van der Waals surface area contributed by atoms with Gasteiger partial charge in [-0.2, -0.15) is 0 Å². The summed E-state index contributed by atoms with van der Waals surface area (Å²) in [5, 5.41) is 0. The molecular weight excluding hydrogens is 232 g/mol. The van der Waals surface area contributed by atoms with Crippen molar-refractivity contribution in [3.8, 4) is 0 Å². The van der Waals surface area contributed by atoms with Crippen LogP contribution in [0.4, 0.5) is 0 Å². The topological polar surface area (TPSA) is 29.3 Å². The monoisotopic (exact) mass is 264 g/mol. The van der Waals surface area contributed by atoms with Crippen LogP contribution in [0.25, 0.3) is 0 Å². The Morgan fingerprint density at radius 2 is 1.79 bits per heavy atom. The van der Waals surface area contributed by atoms with Crippen molar-refractivity contribution in [1.82, 2.24) is 4.90 Å². The minimum absolute atomic E-state index is 0.385. The fraction of sp³-hybridized carbons (Fsp3) is 1.00. The standard InChI is InChI=1S/C17H32N2/c1-13(2)15-10-17(11-15,12-18)19-9-5-7-14-6-3-4-8-16(14)19/h13-16H,3-12,18H2,1-2H3. The fourth-order valence-electron chi connectivity index (χ4n) is 5.12. The molecule has 110 valence electrons. The van der Waals surface area contributed by atoms with E-state index in [1.165, 1.54) is 57.9 Å². The van der Waals surface area contributed by atoms with Gasteiger partial charge in [-0.15, -0.1) is 0 Å². The summed E-state index contributed by atoms with van der Waals surface area (Å²) in [6.07, 6.45) is 11.5. The molecular formula is C17H32N2. The van der Waals surface area contributed by atoms with Crippen LogP contribution < -0.4 is 5.73 Å². The van der Waals surface area contributed by atoms with Crippen LogP contribution in [0.1, 0.15) is 65.2 Å². The maximum atomic E-state index is 6.24. The molecule has 0 aromatic carbocycles. The SMILES string of the molecule is CC(C)C1CC(CN)(N2CCCC3CCCCC32)C1. The highest BCUT2D eigenvalue weighted by Gasteiger charge is 2.52. The normalized spacial score (nSPS) is 43.9. The van der Waals surface area contributed by atoms with E-state index in [-0.39, 0.29) is 0 Å². The van der Waals surface area contributed by atoms with Crippen LogP contribution in [-0.2, 0) is 0 Å². The molecule has 1 saturated heterocycles. The number of piperidine rings is 1. The Balaban J connectivity index is 1.72. The van der Waals surface area contributed by atoms with Gasteiger partial charge in [0.05, 0.1) is 0 Å². The Morgan fingerprint density at radius 1 is 1.11 bits per heavy atom. The van der Waals surface area contributed by atoms with Gasteiger partial charge in [0.15, 0.2) is 0 Å². The summed E-state index contributed by atoms with van der Waals surface area (Å²) < 4.78 is 0. The van der Waals surface area contributed by atoms with Gasteiger partial charge in [0.25, 0.3) is 0 Å². The molecule has 0 bridgehead atoms. The van der Waals surface area contributed by atoms with E-state index in [1.54, 1.807) is 0 Å². The van der Waals surface area contributed by atoms with Crippen molar-refractivity contribution in [3.63, 3.8) is 0 Å². The Kier molecular flexibility index (Phi) is 3.92. The lowest BCUT2D eigenvalue weighted by atomic mass is 9.61. The molecule has 2 nitrogen and oxygen atoms in total. The van der Waals surface area contributed by atoms with Crippen LogP contribution in [0, 0.1) is 17.8 Å². The first-order valence-electron chi connectivity index (χ1n) is 8.63. The molecule has 19 heavy (non-hydrogen) atoms. The second-order valence-electron chi connectivity index (χ2n) is 7.79. The highest BCUT2D eigenvalue weighted by molar-refractivity contribution is 5.07. The number of nitrogens with two attached hydrogens (primary N) is 1. The molecule has 1 aliphatic heterocycles. The third kappa shape index (κ3) is 2.35. The van der Waals surface area contributed by atoms with Crippen LogP contribution in [0.3, 0.4) is 0 Å². The molecule has 3 fully saturated rings. The molecule has 2 aliphatic carbocycles. The van der Waals surface area contributed by atoms with Crippen molar-refractivity contribution >= 4 is 0 Å². The van der Waals surface area contributed by atoms with Crippen LogP contribution in [-0.4, -0.2) is 29.6 Å². The lowest BCUT2D eigenvalue weighted by molar-refractivity contribution is -0.0964. The van der Waals surface area contributed by atoms with Gasteiger partial charge >= 0.3 is 0 Å². The molecule has 3 aliphatic rings. The number of rotatable bonds is 3. The van der Waals surface area contributed by atoms with Crippen molar-refractivity contribution in [2.24, 2.45) is 23.5 Å². The second-order valence-corrected chi connectivity index (χ2v) is 7.79. The molecule has 2 atom stereocenters. The number of hydrogen-bond acceptors (Lipinski definition) is 2. The predicted molar refractivity (Wildman–Crippen MR) is 81.0 cm³/mol. The van der Waals surface area contributed by atoms with Crippen molar-refractivity contribution in [1.29, 1.82) is 0 Å². The summed E-state index contributed by atoms with van der Waals surface area (Å²) in [6, 6.07) is 0.874. The van der Waals surface area contributed by atoms with Gasteiger partial charge in [-0.1, -0.05) is 26.7 Å². The summed E-state index contributed by atoms with van der Waals surface area (Å²) in [4.78, 5) is 2.89. The van der Waals surface area contributed by atoms with Crippen molar-refractivity contribution in [2.75, 3.05) is 13.1 Å². The van der Waals surface area contributed by atoms with Gasteiger partial charge < -0.3 is 5.73 Å². The fourth-order valence-corrected chi connectivity index (χ4v) is 5.12. The van der Waals surface area contributed by atoms with E-state index in [0.717, 1.165) is 30.3 Å². The average molecular weight is 264 g/mol. The largest absolute Gasteiger partial charge is 0.329 e. The van der Waals surface area contributed by atoms with Gasteiger partial charge in [0.1, 0.15) is 0 Å². The number of hydrogen-bond donors (Lipinski definition) is 1. The van der Waals surface area contributed by atoms with E-state index in [9.17, 15) is 0 Å². The summed E-state index contributed by atoms with van der Waals surface area (Å²) in [5.74, 6) is 2.75. The molecule has 0 aromatic heterocycles. The lowest BCUT2D eigenvalue weighted by Crippen LogP contribution is -2.67. The van der Waals surface area contributed by atoms with Crippen molar-refractivity contribution in [2.45, 2.75) is 76.8 Å². The van der Waals surface area contributed by atoms with E-state index >= 15 is 0 Å². The third-order valence-corrected chi connectivity index (χ3v) is 6.46. The minimum atomic E-state index is 0.385. The molecule has 3 rings (SSSR count). The molecule has 0 spiro atoms. The molecule has 2 unspecified atom stereocenters. The second kappa shape index (κ2) is 5.37. The minimum Gasteiger partial charge on any atom is -0.329 e. The summed E-state index contributed by atoms with van der Waals surface area (Å²) in [6.45, 7) is 6.97. The van der Waals surface area contributed by atoms with Crippen LogP contribution in [0.2, 0.25) is 0 Å². The zero-order chi connectivity index (χ0) is 13.5. The van der Waals surface area contributed by atoms with E-state index in [4.69, 9.17) is 5.73 Å². The van der Waals surface area contributed by atoms with Gasteiger partial charge in [0, 0.05) is 18.1 Å². The molecule has 0 radical (unpaired) electrons. The summed E-state index contributed by atoms with van der Waals surface area (Å²) in [7, 11) is 0. The van der Waals surface area contributed by atoms with Gasteiger partial charge in [-0.25, -0.2) is 0 Å². The first-order chi connectivity index (χ1) is 9.16. The Hall–Kier alpha value is -0.0800. The quantitative estimate of drug-likeness (QED) is 0.846. The Morgan fingerprint density at radius 3 is 2.47 bits per heavy atom. The van der Waals surface area contributed by atoms with Crippen LogP contribution in [0.5, 0.6) is 0 Å². The average Bonchev–Trinajstić information content (AvgIpc) is 2.38. The lowest BCUT2D eigenvalue weighted by Gasteiger charge is -2.61. The zero-order valence-corrected chi connectivity index (χ0v) is 12.9. The Labute approximate surface area is 119 Å². The predicted octanol–water partition coefficient (Wildman–Crippen LogP) is 3.40. The molecule has 2 saturated carbocycles. The highest BCUT2D eigenvalue weighted by atomic mass is 15.3. The maximum Gasteiger partial charge on any atom is 0.0340 e. The van der Waals surface area contributed by atoms with Gasteiger partial charge in [-0.3, -0.25) is 4.90 Å². The van der Waals surface area contributed by atoms with Crippen molar-refractivity contribution < 1.29 is 0 Å². The van der Waals surface area contributed by atoms with E-state index in [2.05, 4.69) is 18.7 Å². The zero-order valence-electron chi connectivity index (χ0n) is 12.9. The summed E-state index contributed by atoms with van der Waals surface area (Å²) in [5.41, 5.74) is 6.63. The number of nitrogens with zero attached hydrogens (tertiary/aromatic N) is 1. The van der Waals surface area contributed by atoms with Gasteiger partial charge in [0.2, 0.25) is 0 Å². The molecule has 2 N–H and O–H groups in total. The molecule has 0 amide bonds. The number of fused-ring (bicyclic) bond motifs is 1. The summed E-state index contributed by atoms with van der Waals surface area (Å²) >= 11 is 0. The first-order valence-corrected chi connectivity index (χ1v) is 8.63. The van der Waals surface area contributed by atoms with Gasteiger partial charge in [-0.05, 0) is 62.8 Å². The van der Waals surface area contributed by atoms with E-state index in [1.807, 2.05) is 0 Å². The number of likely N-dealkylation sites (tertiary alicyclic amines) is 1. The first kappa shape index (κ1) is 13.9. The van der Waals surface area contributed by atoms with E-state index < -0.39 is 0 Å². The van der Waals surface area contributed by atoms with Crippen molar-refractivity contribution in [3.05, 3.63) is 0 Å². The van der Waals surface area contributed by atoms with Crippen LogP contribution >= 0.6 is 0 Å². The Bertz CT molecular complexity index is 304. The molecule has 0 aromatic rings. The third-order valence-electron chi connectivity index (χ3n) is 6.46. The molecule has 2 heteroatoms. The molecule has 1 heterocycles. The maximum absolute atomic E-state index is 6.24. The highest BCUT2D eigenvalue weighted by Crippen LogP contribution is 2.50. The van der Waals surface area contributed by atoms with Crippen LogP contribution in [0.15, 0.2) is 0 Å². The smallest absolute Gasteiger partial charge is 0.0340 e. The van der Waals surface area contributed by atoms with E-state index in [0.29, 0.717) is 5.54 Å².